The molecule has 1 aliphatic heterocycles. The molecule has 2 N–H and O–H groups in total. The lowest BCUT2D eigenvalue weighted by Gasteiger charge is -2.18. The summed E-state index contributed by atoms with van der Waals surface area (Å²) in [4.78, 5) is 6.29. The third kappa shape index (κ3) is 2.55. The number of nitrogens with zero attached hydrogens (tertiary/aromatic N) is 2. The minimum absolute atomic E-state index is 0.154. The Balaban J connectivity index is 1.61. The number of para-hydroxylation sites is 1. The van der Waals surface area contributed by atoms with Crippen molar-refractivity contribution in [1.29, 1.82) is 5.41 Å². The summed E-state index contributed by atoms with van der Waals surface area (Å²) >= 11 is 1.47. The SMILES string of the molecule is N=C1C(c2nc3ccccc3s2)=C(O)CN1Cc1ccc(F)cc1. The Morgan fingerprint density at radius 2 is 1.92 bits per heavy atom. The quantitative estimate of drug-likeness (QED) is 0.752. The van der Waals surface area contributed by atoms with Crippen LogP contribution in [-0.4, -0.2) is 27.4 Å². The summed E-state index contributed by atoms with van der Waals surface area (Å²) in [6.45, 7) is 0.707. The number of benzene rings is 2. The van der Waals surface area contributed by atoms with Crippen molar-refractivity contribution in [3.05, 3.63) is 70.7 Å². The molecule has 0 bridgehead atoms. The van der Waals surface area contributed by atoms with E-state index in [0.717, 1.165) is 15.8 Å². The highest BCUT2D eigenvalue weighted by molar-refractivity contribution is 7.19. The van der Waals surface area contributed by atoms with E-state index in [1.165, 1.54) is 23.5 Å². The number of rotatable bonds is 3. The maximum Gasteiger partial charge on any atom is 0.135 e. The molecule has 120 valence electrons. The van der Waals surface area contributed by atoms with E-state index in [1.807, 2.05) is 24.3 Å². The van der Waals surface area contributed by atoms with E-state index in [2.05, 4.69) is 4.98 Å². The number of aromatic nitrogens is 1. The largest absolute Gasteiger partial charge is 0.510 e. The van der Waals surface area contributed by atoms with Crippen molar-refractivity contribution >= 4 is 33.0 Å². The summed E-state index contributed by atoms with van der Waals surface area (Å²) in [5.74, 6) is 0.114. The zero-order valence-corrected chi connectivity index (χ0v) is 13.5. The molecule has 4 rings (SSSR count). The van der Waals surface area contributed by atoms with Crippen LogP contribution in [0.3, 0.4) is 0 Å². The van der Waals surface area contributed by atoms with Crippen LogP contribution in [0.2, 0.25) is 0 Å². The van der Waals surface area contributed by atoms with Gasteiger partial charge < -0.3 is 10.0 Å². The first kappa shape index (κ1) is 14.8. The Labute approximate surface area is 142 Å². The molecule has 0 spiro atoms. The van der Waals surface area contributed by atoms with Gasteiger partial charge in [0, 0.05) is 6.54 Å². The molecule has 0 saturated heterocycles. The predicted octanol–water partition coefficient (Wildman–Crippen LogP) is 4.20. The van der Waals surface area contributed by atoms with Crippen LogP contribution in [0.5, 0.6) is 0 Å². The van der Waals surface area contributed by atoms with Crippen LogP contribution in [0.25, 0.3) is 15.8 Å². The van der Waals surface area contributed by atoms with Gasteiger partial charge in [-0.15, -0.1) is 11.3 Å². The molecule has 0 atom stereocenters. The molecular weight excluding hydrogens is 325 g/mol. The van der Waals surface area contributed by atoms with Crippen molar-refractivity contribution in [1.82, 2.24) is 9.88 Å². The van der Waals surface area contributed by atoms with Crippen molar-refractivity contribution in [3.8, 4) is 0 Å². The molecule has 24 heavy (non-hydrogen) atoms. The zero-order chi connectivity index (χ0) is 16.7. The molecule has 0 fully saturated rings. The molecule has 4 nitrogen and oxygen atoms in total. The fourth-order valence-electron chi connectivity index (χ4n) is 2.78. The first-order valence-electron chi connectivity index (χ1n) is 7.48. The molecule has 1 aromatic heterocycles. The Morgan fingerprint density at radius 3 is 2.67 bits per heavy atom. The fourth-order valence-corrected chi connectivity index (χ4v) is 3.82. The Hall–Kier alpha value is -2.73. The second-order valence-electron chi connectivity index (χ2n) is 5.64. The average Bonchev–Trinajstić information content (AvgIpc) is 3.10. The van der Waals surface area contributed by atoms with Crippen molar-refractivity contribution in [2.75, 3.05) is 6.54 Å². The molecule has 6 heteroatoms. The second kappa shape index (κ2) is 5.72. The van der Waals surface area contributed by atoms with Crippen molar-refractivity contribution in [2.45, 2.75) is 6.54 Å². The lowest BCUT2D eigenvalue weighted by atomic mass is 10.2. The van der Waals surface area contributed by atoms with Gasteiger partial charge in [0.2, 0.25) is 0 Å². The van der Waals surface area contributed by atoms with Gasteiger partial charge in [0.15, 0.2) is 0 Å². The fraction of sp³-hybridized carbons (Fsp3) is 0.111. The van der Waals surface area contributed by atoms with Crippen LogP contribution in [0.1, 0.15) is 10.6 Å². The van der Waals surface area contributed by atoms with Gasteiger partial charge in [0.1, 0.15) is 22.4 Å². The first-order chi connectivity index (χ1) is 11.6. The molecule has 1 aliphatic rings. The Kier molecular flexibility index (Phi) is 3.54. The monoisotopic (exact) mass is 339 g/mol. The van der Waals surface area contributed by atoms with Gasteiger partial charge in [-0.25, -0.2) is 9.37 Å². The van der Waals surface area contributed by atoms with E-state index in [0.29, 0.717) is 17.1 Å². The lowest BCUT2D eigenvalue weighted by Crippen LogP contribution is -2.26. The number of aliphatic hydroxyl groups is 1. The smallest absolute Gasteiger partial charge is 0.135 e. The third-order valence-corrected chi connectivity index (χ3v) is 5.03. The Bertz CT molecular complexity index is 929. The Morgan fingerprint density at radius 1 is 1.17 bits per heavy atom. The number of thiazole rings is 1. The summed E-state index contributed by atoms with van der Waals surface area (Å²) in [5.41, 5.74) is 2.24. The summed E-state index contributed by atoms with van der Waals surface area (Å²) in [5, 5.41) is 19.4. The number of aliphatic hydroxyl groups excluding tert-OH is 1. The zero-order valence-electron chi connectivity index (χ0n) is 12.7. The molecule has 0 amide bonds. The third-order valence-electron chi connectivity index (χ3n) is 3.98. The van der Waals surface area contributed by atoms with Crippen molar-refractivity contribution in [2.24, 2.45) is 0 Å². The van der Waals surface area contributed by atoms with Gasteiger partial charge in [-0.1, -0.05) is 24.3 Å². The summed E-state index contributed by atoms with van der Waals surface area (Å²) in [7, 11) is 0. The van der Waals surface area contributed by atoms with Crippen LogP contribution in [-0.2, 0) is 6.54 Å². The molecule has 3 aromatic rings. The van der Waals surface area contributed by atoms with Crippen LogP contribution < -0.4 is 0 Å². The molecule has 0 radical (unpaired) electrons. The minimum atomic E-state index is -0.286. The highest BCUT2D eigenvalue weighted by Crippen LogP contribution is 2.33. The predicted molar refractivity (Wildman–Crippen MR) is 93.7 cm³/mol. The molecule has 2 heterocycles. The normalized spacial score (nSPS) is 14.9. The number of fused-ring (bicyclic) bond motifs is 1. The van der Waals surface area contributed by atoms with E-state index < -0.39 is 0 Å². The standard InChI is InChI=1S/C18H14FN3OS/c19-12-7-5-11(6-8-12)9-22-10-14(23)16(17(22)20)18-21-13-3-1-2-4-15(13)24-18/h1-8,20,23H,9-10H2. The van der Waals surface area contributed by atoms with Crippen molar-refractivity contribution in [3.63, 3.8) is 0 Å². The lowest BCUT2D eigenvalue weighted by molar-refractivity contribution is 0.347. The van der Waals surface area contributed by atoms with Gasteiger partial charge in [-0.3, -0.25) is 5.41 Å². The van der Waals surface area contributed by atoms with Gasteiger partial charge >= 0.3 is 0 Å². The maximum atomic E-state index is 13.0. The number of hydrogen-bond acceptors (Lipinski definition) is 4. The second-order valence-corrected chi connectivity index (χ2v) is 6.67. The summed E-state index contributed by atoms with van der Waals surface area (Å²) in [6.07, 6.45) is 0. The summed E-state index contributed by atoms with van der Waals surface area (Å²) < 4.78 is 14.0. The van der Waals surface area contributed by atoms with Gasteiger partial charge in [0.05, 0.1) is 22.3 Å². The topological polar surface area (TPSA) is 60.2 Å². The molecular formula is C18H14FN3OS. The number of halogens is 1. The van der Waals surface area contributed by atoms with E-state index in [9.17, 15) is 9.50 Å². The molecule has 0 aliphatic carbocycles. The molecule has 0 saturated carbocycles. The minimum Gasteiger partial charge on any atom is -0.510 e. The highest BCUT2D eigenvalue weighted by Gasteiger charge is 2.30. The van der Waals surface area contributed by atoms with Crippen LogP contribution in [0.15, 0.2) is 54.3 Å². The van der Waals surface area contributed by atoms with Gasteiger partial charge in [-0.05, 0) is 29.8 Å². The molecule has 2 aromatic carbocycles. The number of hydrogen-bond donors (Lipinski definition) is 2. The van der Waals surface area contributed by atoms with E-state index in [-0.39, 0.29) is 24.0 Å². The van der Waals surface area contributed by atoms with Gasteiger partial charge in [-0.2, -0.15) is 0 Å². The number of amidine groups is 1. The van der Waals surface area contributed by atoms with E-state index in [1.54, 1.807) is 17.0 Å². The maximum absolute atomic E-state index is 13.0. The van der Waals surface area contributed by atoms with Crippen LogP contribution in [0.4, 0.5) is 4.39 Å². The van der Waals surface area contributed by atoms with Gasteiger partial charge in [0.25, 0.3) is 0 Å². The van der Waals surface area contributed by atoms with Crippen LogP contribution in [0, 0.1) is 11.2 Å². The number of nitrogens with one attached hydrogen (secondary N) is 1. The molecule has 0 unspecified atom stereocenters. The van der Waals surface area contributed by atoms with Crippen LogP contribution >= 0.6 is 11.3 Å². The first-order valence-corrected chi connectivity index (χ1v) is 8.30. The van der Waals surface area contributed by atoms with E-state index >= 15 is 0 Å². The van der Waals surface area contributed by atoms with E-state index in [4.69, 9.17) is 5.41 Å². The average molecular weight is 339 g/mol. The van der Waals surface area contributed by atoms with Crippen molar-refractivity contribution < 1.29 is 9.50 Å². The highest BCUT2D eigenvalue weighted by atomic mass is 32.1. The summed E-state index contributed by atoms with van der Waals surface area (Å²) in [6, 6.07) is 13.9.